The topological polar surface area (TPSA) is 81.1 Å². The lowest BCUT2D eigenvalue weighted by molar-refractivity contribution is 0.380. The van der Waals surface area contributed by atoms with Crippen LogP contribution in [0.25, 0.3) is 5.65 Å². The normalized spacial score (nSPS) is 11.1. The Hall–Kier alpha value is -3.22. The smallest absolute Gasteiger partial charge is 0.231 e. The van der Waals surface area contributed by atoms with E-state index in [0.29, 0.717) is 24.7 Å². The predicted octanol–water partition coefficient (Wildman–Crippen LogP) is 2.93. The summed E-state index contributed by atoms with van der Waals surface area (Å²) in [6, 6.07) is 14.0. The number of benzene rings is 1. The van der Waals surface area contributed by atoms with Crippen molar-refractivity contribution in [2.75, 3.05) is 5.32 Å². The molecular formula is C18H18N6O. The first-order valence-corrected chi connectivity index (χ1v) is 8.11. The zero-order valence-corrected chi connectivity index (χ0v) is 14.1. The summed E-state index contributed by atoms with van der Waals surface area (Å²) < 4.78 is 7.12. The molecule has 0 fully saturated rings. The van der Waals surface area contributed by atoms with Crippen molar-refractivity contribution in [3.8, 4) is 0 Å². The maximum atomic E-state index is 5.34. The number of hydrogen-bond donors (Lipinski definition) is 1. The second-order valence-electron chi connectivity index (χ2n) is 5.96. The van der Waals surface area contributed by atoms with E-state index in [1.807, 2.05) is 56.3 Å². The number of nitrogens with zero attached hydrogens (tertiary/aromatic N) is 5. The summed E-state index contributed by atoms with van der Waals surface area (Å²) >= 11 is 0. The third kappa shape index (κ3) is 3.35. The van der Waals surface area contributed by atoms with Gasteiger partial charge in [0.05, 0.1) is 18.7 Å². The van der Waals surface area contributed by atoms with Crippen LogP contribution in [0.15, 0.2) is 47.0 Å². The third-order valence-corrected chi connectivity index (χ3v) is 3.81. The molecule has 0 aliphatic heterocycles. The number of fused-ring (bicyclic) bond motifs is 1. The standard InChI is InChI=1S/C18H18N6O/c1-12-8-16(24-17(20-12)9-13(2)22-24)19-11-15-21-18(25-23-15)10-14-6-4-3-5-7-14/h3-9,19H,10-11H2,1-2H3. The molecule has 0 aliphatic rings. The zero-order valence-electron chi connectivity index (χ0n) is 14.1. The molecule has 126 valence electrons. The third-order valence-electron chi connectivity index (χ3n) is 3.81. The van der Waals surface area contributed by atoms with Gasteiger partial charge in [0.2, 0.25) is 5.89 Å². The minimum absolute atomic E-state index is 0.454. The molecular weight excluding hydrogens is 316 g/mol. The molecule has 3 aromatic heterocycles. The fourth-order valence-corrected chi connectivity index (χ4v) is 2.71. The van der Waals surface area contributed by atoms with Gasteiger partial charge in [0.1, 0.15) is 5.82 Å². The van der Waals surface area contributed by atoms with Crippen LogP contribution < -0.4 is 5.32 Å². The van der Waals surface area contributed by atoms with Gasteiger partial charge in [-0.2, -0.15) is 14.6 Å². The zero-order chi connectivity index (χ0) is 17.2. The van der Waals surface area contributed by atoms with Gasteiger partial charge in [0, 0.05) is 17.8 Å². The van der Waals surface area contributed by atoms with E-state index in [4.69, 9.17) is 4.52 Å². The molecule has 1 aromatic carbocycles. The van der Waals surface area contributed by atoms with Gasteiger partial charge in [-0.1, -0.05) is 35.5 Å². The number of nitrogens with one attached hydrogen (secondary N) is 1. The Balaban J connectivity index is 1.49. The predicted molar refractivity (Wildman–Crippen MR) is 93.3 cm³/mol. The minimum Gasteiger partial charge on any atom is -0.362 e. The van der Waals surface area contributed by atoms with Gasteiger partial charge >= 0.3 is 0 Å². The van der Waals surface area contributed by atoms with E-state index in [2.05, 4.69) is 25.5 Å². The highest BCUT2D eigenvalue weighted by molar-refractivity contribution is 5.50. The minimum atomic E-state index is 0.454. The molecule has 4 aromatic rings. The van der Waals surface area contributed by atoms with Crippen LogP contribution >= 0.6 is 0 Å². The van der Waals surface area contributed by atoms with Crippen LogP contribution in [-0.2, 0) is 13.0 Å². The quantitative estimate of drug-likeness (QED) is 0.604. The molecule has 25 heavy (non-hydrogen) atoms. The summed E-state index contributed by atoms with van der Waals surface area (Å²) in [6.07, 6.45) is 0.630. The van der Waals surface area contributed by atoms with Crippen LogP contribution in [0.1, 0.15) is 28.7 Å². The Labute approximate surface area is 144 Å². The van der Waals surface area contributed by atoms with E-state index in [0.717, 1.165) is 28.4 Å². The van der Waals surface area contributed by atoms with Crippen LogP contribution in [0.3, 0.4) is 0 Å². The summed E-state index contributed by atoms with van der Waals surface area (Å²) in [5.74, 6) is 2.07. The molecule has 4 rings (SSSR count). The first-order valence-electron chi connectivity index (χ1n) is 8.11. The number of hydrogen-bond acceptors (Lipinski definition) is 6. The second kappa shape index (κ2) is 6.35. The van der Waals surface area contributed by atoms with Crippen molar-refractivity contribution in [2.45, 2.75) is 26.8 Å². The van der Waals surface area contributed by atoms with E-state index < -0.39 is 0 Å². The second-order valence-corrected chi connectivity index (χ2v) is 5.96. The summed E-state index contributed by atoms with van der Waals surface area (Å²) in [5, 5.41) is 11.8. The summed E-state index contributed by atoms with van der Waals surface area (Å²) in [7, 11) is 0. The maximum absolute atomic E-state index is 5.34. The summed E-state index contributed by atoms with van der Waals surface area (Å²) in [4.78, 5) is 8.92. The van der Waals surface area contributed by atoms with Gasteiger partial charge in [-0.15, -0.1) is 0 Å². The van der Waals surface area contributed by atoms with Crippen molar-refractivity contribution in [1.29, 1.82) is 0 Å². The van der Waals surface area contributed by atoms with Crippen molar-refractivity contribution in [2.24, 2.45) is 0 Å². The first-order chi connectivity index (χ1) is 12.2. The Morgan fingerprint density at radius 1 is 1.04 bits per heavy atom. The molecule has 0 amide bonds. The molecule has 0 aliphatic carbocycles. The molecule has 7 heteroatoms. The number of aryl methyl sites for hydroxylation is 2. The largest absolute Gasteiger partial charge is 0.362 e. The van der Waals surface area contributed by atoms with E-state index in [-0.39, 0.29) is 0 Å². The van der Waals surface area contributed by atoms with Gasteiger partial charge in [-0.05, 0) is 19.4 Å². The molecule has 7 nitrogen and oxygen atoms in total. The Morgan fingerprint density at radius 3 is 2.72 bits per heavy atom. The monoisotopic (exact) mass is 334 g/mol. The molecule has 0 bridgehead atoms. The molecule has 0 saturated heterocycles. The SMILES string of the molecule is Cc1cc(NCc2noc(Cc3ccccc3)n2)n2nc(C)cc2n1. The molecule has 0 spiro atoms. The van der Waals surface area contributed by atoms with Crippen molar-refractivity contribution in [1.82, 2.24) is 24.7 Å². The fourth-order valence-electron chi connectivity index (χ4n) is 2.71. The van der Waals surface area contributed by atoms with E-state index in [1.54, 1.807) is 4.52 Å². The van der Waals surface area contributed by atoms with Crippen LogP contribution in [-0.4, -0.2) is 24.7 Å². The lowest BCUT2D eigenvalue weighted by atomic mass is 10.1. The molecule has 0 radical (unpaired) electrons. The van der Waals surface area contributed by atoms with Crippen molar-refractivity contribution in [3.63, 3.8) is 0 Å². The van der Waals surface area contributed by atoms with Crippen molar-refractivity contribution in [3.05, 3.63) is 71.1 Å². The van der Waals surface area contributed by atoms with E-state index in [9.17, 15) is 0 Å². The van der Waals surface area contributed by atoms with Gasteiger partial charge in [0.25, 0.3) is 0 Å². The first kappa shape index (κ1) is 15.3. The van der Waals surface area contributed by atoms with Gasteiger partial charge in [-0.3, -0.25) is 0 Å². The lowest BCUT2D eigenvalue weighted by Crippen LogP contribution is -2.08. The average Bonchev–Trinajstić information content (AvgIpc) is 3.19. The Kier molecular flexibility index (Phi) is 3.89. The van der Waals surface area contributed by atoms with Crippen molar-refractivity contribution < 1.29 is 4.52 Å². The number of aromatic nitrogens is 5. The highest BCUT2D eigenvalue weighted by Gasteiger charge is 2.10. The molecule has 3 heterocycles. The van der Waals surface area contributed by atoms with Gasteiger partial charge in [0.15, 0.2) is 11.5 Å². The van der Waals surface area contributed by atoms with Crippen molar-refractivity contribution >= 4 is 11.5 Å². The molecule has 0 saturated carbocycles. The van der Waals surface area contributed by atoms with E-state index in [1.165, 1.54) is 0 Å². The van der Waals surface area contributed by atoms with Gasteiger partial charge in [-0.25, -0.2) is 4.98 Å². The number of rotatable bonds is 5. The lowest BCUT2D eigenvalue weighted by Gasteiger charge is -2.07. The Bertz CT molecular complexity index is 1010. The molecule has 0 atom stereocenters. The van der Waals surface area contributed by atoms with Gasteiger partial charge < -0.3 is 9.84 Å². The summed E-state index contributed by atoms with van der Waals surface area (Å²) in [6.45, 7) is 4.36. The summed E-state index contributed by atoms with van der Waals surface area (Å²) in [5.41, 5.74) is 3.81. The van der Waals surface area contributed by atoms with Crippen LogP contribution in [0, 0.1) is 13.8 Å². The average molecular weight is 334 g/mol. The van der Waals surface area contributed by atoms with Crippen LogP contribution in [0.4, 0.5) is 5.82 Å². The van der Waals surface area contributed by atoms with E-state index >= 15 is 0 Å². The highest BCUT2D eigenvalue weighted by Crippen LogP contribution is 2.14. The van der Waals surface area contributed by atoms with Crippen LogP contribution in [0.2, 0.25) is 0 Å². The molecule has 1 N–H and O–H groups in total. The molecule has 0 unspecified atom stereocenters. The number of anilines is 1. The fraction of sp³-hybridized carbons (Fsp3) is 0.222. The van der Waals surface area contributed by atoms with Crippen LogP contribution in [0.5, 0.6) is 0 Å². The maximum Gasteiger partial charge on any atom is 0.231 e. The Morgan fingerprint density at radius 2 is 1.88 bits per heavy atom. The highest BCUT2D eigenvalue weighted by atomic mass is 16.5.